The monoisotopic (exact) mass is 746 g/mol. The summed E-state index contributed by atoms with van der Waals surface area (Å²) in [4.78, 5) is 2.58. The minimum absolute atomic E-state index is 0.144. The lowest BCUT2D eigenvalue weighted by atomic mass is 9.84. The molecule has 0 saturated heterocycles. The van der Waals surface area contributed by atoms with E-state index in [1.165, 1.54) is 92.6 Å². The number of fused-ring (bicyclic) bond motifs is 6. The lowest BCUT2D eigenvalue weighted by Gasteiger charge is -2.20. The average Bonchev–Trinajstić information content (AvgIpc) is 4.00. The maximum Gasteiger partial charge on any atom is 0.0541 e. The lowest BCUT2D eigenvalue weighted by molar-refractivity contribution is 0.807. The van der Waals surface area contributed by atoms with Crippen molar-refractivity contribution in [1.82, 2.24) is 9.13 Å². The van der Waals surface area contributed by atoms with Gasteiger partial charge in [-0.2, -0.15) is 0 Å². The summed E-state index contributed by atoms with van der Waals surface area (Å²) in [7, 11) is 0. The van der Waals surface area contributed by atoms with Gasteiger partial charge in [-0.25, -0.2) is 0 Å². The van der Waals surface area contributed by atoms with Crippen molar-refractivity contribution in [1.29, 1.82) is 0 Å². The van der Waals surface area contributed by atoms with Crippen LogP contribution < -0.4 is 0 Å². The van der Waals surface area contributed by atoms with Crippen LogP contribution >= 0.6 is 11.3 Å². The molecule has 3 heterocycles. The Kier molecular flexibility index (Phi) is 8.19. The molecule has 0 fully saturated rings. The zero-order chi connectivity index (χ0) is 37.7. The molecule has 0 amide bonds. The van der Waals surface area contributed by atoms with Crippen molar-refractivity contribution in [2.24, 2.45) is 0 Å². The summed E-state index contributed by atoms with van der Waals surface area (Å²) >= 11 is 1.85. The van der Waals surface area contributed by atoms with Gasteiger partial charge in [-0.1, -0.05) is 140 Å². The van der Waals surface area contributed by atoms with Gasteiger partial charge in [0, 0.05) is 48.6 Å². The number of hydrogen-bond acceptors (Lipinski definition) is 1. The fourth-order valence-corrected chi connectivity index (χ4v) is 9.88. The van der Waals surface area contributed by atoms with Gasteiger partial charge in [-0.3, -0.25) is 0 Å². The molecule has 0 saturated carbocycles. The van der Waals surface area contributed by atoms with E-state index in [0.29, 0.717) is 0 Å². The first-order chi connectivity index (χ1) is 28.3. The van der Waals surface area contributed by atoms with Crippen LogP contribution in [0.25, 0.3) is 75.9 Å². The third-order valence-electron chi connectivity index (χ3n) is 11.6. The number of hydrogen-bond donors (Lipinski definition) is 0. The van der Waals surface area contributed by atoms with Crippen LogP contribution in [0.4, 0.5) is 0 Å². The van der Waals surface area contributed by atoms with Crippen molar-refractivity contribution in [2.75, 3.05) is 0 Å². The molecule has 0 spiro atoms. The van der Waals surface area contributed by atoms with Gasteiger partial charge >= 0.3 is 0 Å². The highest BCUT2D eigenvalue weighted by atomic mass is 32.1. The van der Waals surface area contributed by atoms with Crippen LogP contribution in [-0.4, -0.2) is 9.13 Å². The van der Waals surface area contributed by atoms with Crippen LogP contribution in [0.3, 0.4) is 0 Å². The number of benzene rings is 8. The van der Waals surface area contributed by atoms with Crippen molar-refractivity contribution < 1.29 is 0 Å². The maximum absolute atomic E-state index is 2.46. The number of para-hydroxylation sites is 4. The zero-order valence-corrected chi connectivity index (χ0v) is 32.1. The number of rotatable bonds is 8. The second-order valence-electron chi connectivity index (χ2n) is 14.9. The molecule has 11 rings (SSSR count). The first-order valence-corrected chi connectivity index (χ1v) is 20.5. The van der Waals surface area contributed by atoms with Crippen LogP contribution in [0.5, 0.6) is 0 Å². The first-order valence-electron chi connectivity index (χ1n) is 19.7. The zero-order valence-electron chi connectivity index (χ0n) is 31.3. The average molecular weight is 747 g/mol. The van der Waals surface area contributed by atoms with Gasteiger partial charge in [0.05, 0.1) is 22.1 Å². The molecule has 0 bridgehead atoms. The molecule has 8 aromatic carbocycles. The predicted octanol–water partition coefficient (Wildman–Crippen LogP) is 14.7. The molecule has 0 unspecified atom stereocenters. The van der Waals surface area contributed by atoms with E-state index in [2.05, 4.69) is 221 Å². The van der Waals surface area contributed by atoms with Crippen molar-refractivity contribution in [3.63, 3.8) is 0 Å². The van der Waals surface area contributed by atoms with Gasteiger partial charge in [0.15, 0.2) is 0 Å². The summed E-state index contributed by atoms with van der Waals surface area (Å²) < 4.78 is 4.80. The topological polar surface area (TPSA) is 9.86 Å². The molecule has 3 heteroatoms. The molecule has 0 aliphatic rings. The molecular formula is C54H38N2S. The second kappa shape index (κ2) is 14.0. The molecule has 270 valence electrons. The van der Waals surface area contributed by atoms with E-state index in [0.717, 1.165) is 6.42 Å². The normalized spacial score (nSPS) is 12.2. The highest BCUT2D eigenvalue weighted by Gasteiger charge is 2.21. The van der Waals surface area contributed by atoms with Crippen LogP contribution in [0.1, 0.15) is 22.6 Å². The largest absolute Gasteiger partial charge is 0.309 e. The quantitative estimate of drug-likeness (QED) is 0.147. The molecule has 0 N–H and O–H groups in total. The van der Waals surface area contributed by atoms with Gasteiger partial charge in [0.2, 0.25) is 0 Å². The van der Waals surface area contributed by atoms with Crippen molar-refractivity contribution >= 4 is 54.9 Å². The Morgan fingerprint density at radius 2 is 0.807 bits per heavy atom. The Morgan fingerprint density at radius 1 is 0.351 bits per heavy atom. The Balaban J connectivity index is 1.04. The molecule has 11 aromatic rings. The highest BCUT2D eigenvalue weighted by molar-refractivity contribution is 7.18. The molecule has 0 radical (unpaired) electrons. The summed E-state index contributed by atoms with van der Waals surface area (Å²) in [5.41, 5.74) is 13.7. The minimum Gasteiger partial charge on any atom is -0.309 e. The lowest BCUT2D eigenvalue weighted by Crippen LogP contribution is -2.06. The maximum atomic E-state index is 2.46. The SMILES string of the molecule is c1ccc(-c2ccc(-c3ccc([C@H](Cc4ccc5c(c4)c4ccccc4n5-c4ccccc4)c4ccc5c(c4)c4ccccc4n5-c4ccccc4)cc3)s2)cc1. The van der Waals surface area contributed by atoms with Crippen LogP contribution in [0.15, 0.2) is 212 Å². The second-order valence-corrected chi connectivity index (χ2v) is 16.0. The predicted molar refractivity (Wildman–Crippen MR) is 242 cm³/mol. The molecule has 1 atom stereocenters. The molecule has 3 aromatic heterocycles. The van der Waals surface area contributed by atoms with Gasteiger partial charge in [-0.05, 0) is 107 Å². The smallest absolute Gasteiger partial charge is 0.0541 e. The van der Waals surface area contributed by atoms with Gasteiger partial charge in [0.1, 0.15) is 0 Å². The summed E-state index contributed by atoms with van der Waals surface area (Å²) in [5, 5.41) is 5.12. The van der Waals surface area contributed by atoms with E-state index in [9.17, 15) is 0 Å². The van der Waals surface area contributed by atoms with E-state index in [1.807, 2.05) is 11.3 Å². The standard InChI is InChI=1S/C54H38N2S/c1-4-14-39(15-5-1)53-32-33-54(57-53)40-27-25-38(26-28-40)46(41-29-31-52-48(36-41)45-21-11-13-23-50(45)56(52)43-18-8-3-9-19-43)34-37-24-30-51-47(35-37)44-20-10-12-22-49(44)55(51)42-16-6-2-7-17-42/h1-33,35-36,46H,34H2/t46-/m0/s1. The van der Waals surface area contributed by atoms with E-state index < -0.39 is 0 Å². The van der Waals surface area contributed by atoms with Gasteiger partial charge < -0.3 is 9.13 Å². The van der Waals surface area contributed by atoms with Crippen LogP contribution in [-0.2, 0) is 6.42 Å². The van der Waals surface area contributed by atoms with Crippen molar-refractivity contribution in [2.45, 2.75) is 12.3 Å². The van der Waals surface area contributed by atoms with Crippen LogP contribution in [0.2, 0.25) is 0 Å². The van der Waals surface area contributed by atoms with Crippen molar-refractivity contribution in [3.05, 3.63) is 229 Å². The fraction of sp³-hybridized carbons (Fsp3) is 0.0370. The summed E-state index contributed by atoms with van der Waals surface area (Å²) in [6.45, 7) is 0. The summed E-state index contributed by atoms with van der Waals surface area (Å²) in [6, 6.07) is 77.9. The van der Waals surface area contributed by atoms with E-state index in [4.69, 9.17) is 0 Å². The number of thiophene rings is 1. The fourth-order valence-electron chi connectivity index (χ4n) is 8.86. The molecule has 0 aliphatic heterocycles. The van der Waals surface area contributed by atoms with Crippen LogP contribution in [0, 0.1) is 0 Å². The third kappa shape index (κ3) is 5.87. The summed E-state index contributed by atoms with van der Waals surface area (Å²) in [6.07, 6.45) is 0.875. The van der Waals surface area contributed by atoms with Gasteiger partial charge in [-0.15, -0.1) is 11.3 Å². The van der Waals surface area contributed by atoms with Gasteiger partial charge in [0.25, 0.3) is 0 Å². The first kappa shape index (κ1) is 33.4. The van der Waals surface area contributed by atoms with E-state index >= 15 is 0 Å². The number of nitrogens with zero attached hydrogens (tertiary/aromatic N) is 2. The molecule has 2 nitrogen and oxygen atoms in total. The summed E-state index contributed by atoms with van der Waals surface area (Å²) in [5.74, 6) is 0.144. The third-order valence-corrected chi connectivity index (χ3v) is 12.7. The Hall–Kier alpha value is -6.94. The molecule has 57 heavy (non-hydrogen) atoms. The Bertz CT molecular complexity index is 3190. The molecule has 0 aliphatic carbocycles. The van der Waals surface area contributed by atoms with Crippen molar-refractivity contribution in [3.8, 4) is 32.3 Å². The van der Waals surface area contributed by atoms with E-state index in [1.54, 1.807) is 0 Å². The highest BCUT2D eigenvalue weighted by Crippen LogP contribution is 2.40. The number of aromatic nitrogens is 2. The Labute approximate surface area is 336 Å². The molecular weight excluding hydrogens is 709 g/mol. The Morgan fingerprint density at radius 3 is 1.40 bits per heavy atom. The van der Waals surface area contributed by atoms with E-state index in [-0.39, 0.29) is 5.92 Å². The minimum atomic E-state index is 0.144.